The Morgan fingerprint density at radius 2 is 2.57 bits per heavy atom. The minimum absolute atomic E-state index is 0.120. The number of thiazole rings is 1. The number of rotatable bonds is 2. The lowest BCUT2D eigenvalue weighted by molar-refractivity contribution is 0.0473. The second-order valence-electron chi connectivity index (χ2n) is 3.51. The zero-order valence-corrected chi connectivity index (χ0v) is 8.88. The van der Waals surface area contributed by atoms with Gasteiger partial charge >= 0.3 is 0 Å². The Labute approximate surface area is 87.3 Å². The van der Waals surface area contributed by atoms with Gasteiger partial charge in [0.25, 0.3) is 0 Å². The lowest BCUT2D eigenvalue weighted by Crippen LogP contribution is -2.04. The first kappa shape index (κ1) is 9.63. The first-order chi connectivity index (χ1) is 6.79. The summed E-state index contributed by atoms with van der Waals surface area (Å²) in [6.45, 7) is 1.99. The number of nitriles is 1. The van der Waals surface area contributed by atoms with Gasteiger partial charge in [0.2, 0.25) is 0 Å². The SMILES string of the molecule is Cc1csc(C2CCC(CC#N)O2)n1. The van der Waals surface area contributed by atoms with Crippen molar-refractivity contribution in [2.24, 2.45) is 0 Å². The Bertz CT molecular complexity index is 355. The molecule has 14 heavy (non-hydrogen) atoms. The maximum atomic E-state index is 8.54. The lowest BCUT2D eigenvalue weighted by Gasteiger charge is -2.08. The van der Waals surface area contributed by atoms with Crippen molar-refractivity contribution in [1.82, 2.24) is 4.98 Å². The highest BCUT2D eigenvalue weighted by molar-refractivity contribution is 7.09. The van der Waals surface area contributed by atoms with E-state index in [1.165, 1.54) is 0 Å². The quantitative estimate of drug-likeness (QED) is 0.750. The van der Waals surface area contributed by atoms with Gasteiger partial charge in [-0.15, -0.1) is 11.3 Å². The topological polar surface area (TPSA) is 45.9 Å². The van der Waals surface area contributed by atoms with Gasteiger partial charge < -0.3 is 4.74 Å². The van der Waals surface area contributed by atoms with Gasteiger partial charge in [-0.2, -0.15) is 5.26 Å². The Hall–Kier alpha value is -0.920. The molecular formula is C10H12N2OS. The third-order valence-corrected chi connectivity index (χ3v) is 3.39. The Kier molecular flexibility index (Phi) is 2.80. The van der Waals surface area contributed by atoms with Crippen molar-refractivity contribution >= 4 is 11.3 Å². The van der Waals surface area contributed by atoms with Crippen LogP contribution >= 0.6 is 11.3 Å². The maximum Gasteiger partial charge on any atom is 0.122 e. The predicted molar refractivity (Wildman–Crippen MR) is 53.9 cm³/mol. The zero-order valence-electron chi connectivity index (χ0n) is 8.06. The average molecular weight is 208 g/mol. The highest BCUT2D eigenvalue weighted by Crippen LogP contribution is 2.35. The number of nitrogens with zero attached hydrogens (tertiary/aromatic N) is 2. The van der Waals surface area contributed by atoms with E-state index in [4.69, 9.17) is 10.00 Å². The van der Waals surface area contributed by atoms with Gasteiger partial charge in [-0.05, 0) is 19.8 Å². The van der Waals surface area contributed by atoms with Crippen LogP contribution in [0.2, 0.25) is 0 Å². The number of hydrogen-bond acceptors (Lipinski definition) is 4. The van der Waals surface area contributed by atoms with E-state index in [9.17, 15) is 0 Å². The first-order valence-electron chi connectivity index (χ1n) is 4.74. The zero-order chi connectivity index (χ0) is 9.97. The van der Waals surface area contributed by atoms with Crippen LogP contribution in [0.1, 0.15) is 36.1 Å². The predicted octanol–water partition coefficient (Wildman–Crippen LogP) is 2.59. The van der Waals surface area contributed by atoms with Crippen molar-refractivity contribution in [3.63, 3.8) is 0 Å². The molecule has 2 rings (SSSR count). The summed E-state index contributed by atoms with van der Waals surface area (Å²) >= 11 is 1.65. The van der Waals surface area contributed by atoms with Crippen LogP contribution in [0.3, 0.4) is 0 Å². The Morgan fingerprint density at radius 1 is 1.71 bits per heavy atom. The molecule has 0 aromatic carbocycles. The second-order valence-corrected chi connectivity index (χ2v) is 4.40. The molecule has 0 spiro atoms. The normalized spacial score (nSPS) is 26.3. The monoisotopic (exact) mass is 208 g/mol. The molecule has 74 valence electrons. The smallest absolute Gasteiger partial charge is 0.122 e. The van der Waals surface area contributed by atoms with Gasteiger partial charge in [0.1, 0.15) is 11.1 Å². The molecule has 1 saturated heterocycles. The van der Waals surface area contributed by atoms with E-state index in [1.54, 1.807) is 11.3 Å². The highest BCUT2D eigenvalue weighted by atomic mass is 32.1. The van der Waals surface area contributed by atoms with Crippen LogP contribution in [-0.4, -0.2) is 11.1 Å². The molecule has 1 aromatic rings. The van der Waals surface area contributed by atoms with Crippen LogP contribution in [0.25, 0.3) is 0 Å². The third kappa shape index (κ3) is 1.94. The molecule has 0 saturated carbocycles. The van der Waals surface area contributed by atoms with E-state index in [0.717, 1.165) is 23.5 Å². The van der Waals surface area contributed by atoms with Crippen molar-refractivity contribution < 1.29 is 4.74 Å². The Morgan fingerprint density at radius 3 is 3.21 bits per heavy atom. The molecule has 3 nitrogen and oxygen atoms in total. The molecule has 2 heterocycles. The summed E-state index contributed by atoms with van der Waals surface area (Å²) in [6, 6.07) is 2.14. The van der Waals surface area contributed by atoms with E-state index < -0.39 is 0 Å². The van der Waals surface area contributed by atoms with Crippen LogP contribution < -0.4 is 0 Å². The molecule has 0 bridgehead atoms. The summed E-state index contributed by atoms with van der Waals surface area (Å²) in [5.74, 6) is 0. The van der Waals surface area contributed by atoms with Gasteiger partial charge in [-0.1, -0.05) is 0 Å². The van der Waals surface area contributed by atoms with E-state index in [-0.39, 0.29) is 12.2 Å². The maximum absolute atomic E-state index is 8.54. The number of hydrogen-bond donors (Lipinski definition) is 0. The molecule has 1 fully saturated rings. The summed E-state index contributed by atoms with van der Waals surface area (Å²) in [4.78, 5) is 4.40. The fourth-order valence-electron chi connectivity index (χ4n) is 1.66. The lowest BCUT2D eigenvalue weighted by atomic mass is 10.1. The molecule has 0 amide bonds. The van der Waals surface area contributed by atoms with Crippen LogP contribution in [0.15, 0.2) is 5.38 Å². The molecule has 4 heteroatoms. The molecule has 1 aliphatic heterocycles. The minimum Gasteiger partial charge on any atom is -0.367 e. The third-order valence-electron chi connectivity index (χ3n) is 2.34. The average Bonchev–Trinajstić information content (AvgIpc) is 2.74. The molecular weight excluding hydrogens is 196 g/mol. The fraction of sp³-hybridized carbons (Fsp3) is 0.600. The van der Waals surface area contributed by atoms with E-state index in [0.29, 0.717) is 6.42 Å². The summed E-state index contributed by atoms with van der Waals surface area (Å²) in [7, 11) is 0. The van der Waals surface area contributed by atoms with Crippen LogP contribution in [0, 0.1) is 18.3 Å². The number of ether oxygens (including phenoxy) is 1. The van der Waals surface area contributed by atoms with Crippen molar-refractivity contribution in [1.29, 1.82) is 5.26 Å². The first-order valence-corrected chi connectivity index (χ1v) is 5.62. The van der Waals surface area contributed by atoms with Crippen molar-refractivity contribution in [3.8, 4) is 6.07 Å². The minimum atomic E-state index is 0.120. The molecule has 0 N–H and O–H groups in total. The molecule has 0 aliphatic carbocycles. The van der Waals surface area contributed by atoms with Crippen LogP contribution in [-0.2, 0) is 4.74 Å². The standard InChI is InChI=1S/C10H12N2OS/c1-7-6-14-10(12-7)9-3-2-8(13-9)4-5-11/h6,8-9H,2-4H2,1H3. The summed E-state index contributed by atoms with van der Waals surface area (Å²) < 4.78 is 5.73. The molecule has 0 radical (unpaired) electrons. The van der Waals surface area contributed by atoms with E-state index in [2.05, 4.69) is 11.1 Å². The van der Waals surface area contributed by atoms with Gasteiger partial charge in [0, 0.05) is 11.1 Å². The molecule has 1 aromatic heterocycles. The summed E-state index contributed by atoms with van der Waals surface area (Å²) in [5.41, 5.74) is 1.05. The molecule has 1 aliphatic rings. The second kappa shape index (κ2) is 4.07. The van der Waals surface area contributed by atoms with Gasteiger partial charge in [0.15, 0.2) is 0 Å². The fourth-order valence-corrected chi connectivity index (χ4v) is 2.53. The number of aryl methyl sites for hydroxylation is 1. The van der Waals surface area contributed by atoms with Gasteiger partial charge in [-0.25, -0.2) is 4.98 Å². The molecule has 2 atom stereocenters. The van der Waals surface area contributed by atoms with Crippen LogP contribution in [0.4, 0.5) is 0 Å². The van der Waals surface area contributed by atoms with E-state index in [1.807, 2.05) is 12.3 Å². The van der Waals surface area contributed by atoms with E-state index >= 15 is 0 Å². The van der Waals surface area contributed by atoms with Crippen molar-refractivity contribution in [3.05, 3.63) is 16.1 Å². The van der Waals surface area contributed by atoms with Crippen LogP contribution in [0.5, 0.6) is 0 Å². The van der Waals surface area contributed by atoms with Crippen molar-refractivity contribution in [2.75, 3.05) is 0 Å². The Balaban J connectivity index is 1.99. The highest BCUT2D eigenvalue weighted by Gasteiger charge is 2.27. The number of aromatic nitrogens is 1. The summed E-state index contributed by atoms with van der Waals surface area (Å²) in [6.07, 6.45) is 2.73. The summed E-state index contributed by atoms with van der Waals surface area (Å²) in [5, 5.41) is 11.6. The van der Waals surface area contributed by atoms with Gasteiger partial charge in [-0.3, -0.25) is 0 Å². The largest absolute Gasteiger partial charge is 0.367 e. The molecule has 2 unspecified atom stereocenters. The van der Waals surface area contributed by atoms with Crippen molar-refractivity contribution in [2.45, 2.75) is 38.4 Å². The van der Waals surface area contributed by atoms with Gasteiger partial charge in [0.05, 0.1) is 18.6 Å².